The summed E-state index contributed by atoms with van der Waals surface area (Å²) in [5.41, 5.74) is 2.22. The summed E-state index contributed by atoms with van der Waals surface area (Å²) >= 11 is 0. The fraction of sp³-hybridized carbons (Fsp3) is 0.500. The highest BCUT2D eigenvalue weighted by Crippen LogP contribution is 1.87. The van der Waals surface area contributed by atoms with E-state index in [1.165, 1.54) is 0 Å². The van der Waals surface area contributed by atoms with Crippen molar-refractivity contribution in [1.82, 2.24) is 0 Å². The van der Waals surface area contributed by atoms with Crippen LogP contribution in [0, 0.1) is 6.08 Å². The molecule has 0 spiro atoms. The second-order valence-corrected chi connectivity index (χ2v) is 1.79. The zero-order valence-electron chi connectivity index (χ0n) is 6.14. The minimum Gasteiger partial charge on any atom is -0.462 e. The van der Waals surface area contributed by atoms with Gasteiger partial charge < -0.3 is 4.74 Å². The summed E-state index contributed by atoms with van der Waals surface area (Å²) in [6.07, 6.45) is 4.09. The average Bonchev–Trinajstić information content (AvgIpc) is 1.89. The minimum atomic E-state index is -0.483. The van der Waals surface area contributed by atoms with Gasteiger partial charge in [0.15, 0.2) is 0 Å². The van der Waals surface area contributed by atoms with Gasteiger partial charge in [-0.3, -0.25) is 0 Å². The summed E-state index contributed by atoms with van der Waals surface area (Å²) in [5, 5.41) is 0. The lowest BCUT2D eigenvalue weighted by Gasteiger charge is -1.96. The Bertz CT molecular complexity index is 143. The number of carbonyl (C=O) groups excluding carboxylic acids is 1. The lowest BCUT2D eigenvalue weighted by atomic mass is 10.4. The van der Waals surface area contributed by atoms with Gasteiger partial charge in [-0.05, 0) is 6.42 Å². The molecule has 0 aliphatic rings. The quantitative estimate of drug-likeness (QED) is 0.255. The summed E-state index contributed by atoms with van der Waals surface area (Å²) in [5.74, 6) is -0.483. The molecule has 0 bridgehead atoms. The van der Waals surface area contributed by atoms with Crippen molar-refractivity contribution in [2.75, 3.05) is 6.61 Å². The Balaban J connectivity index is 3.31. The molecular formula is C8H11O2. The van der Waals surface area contributed by atoms with Crippen molar-refractivity contribution < 1.29 is 9.53 Å². The first kappa shape index (κ1) is 8.99. The van der Waals surface area contributed by atoms with E-state index in [9.17, 15) is 4.79 Å². The number of unbranched alkanes of at least 4 members (excludes halogenated alkanes) is 1. The Hall–Kier alpha value is -1.01. The van der Waals surface area contributed by atoms with Gasteiger partial charge in [0.2, 0.25) is 0 Å². The van der Waals surface area contributed by atoms with Crippen LogP contribution in [0.25, 0.3) is 0 Å². The van der Waals surface area contributed by atoms with Gasteiger partial charge in [-0.25, -0.2) is 4.79 Å². The molecule has 2 heteroatoms. The van der Waals surface area contributed by atoms with Gasteiger partial charge in [0.25, 0.3) is 0 Å². The van der Waals surface area contributed by atoms with Crippen molar-refractivity contribution in [1.29, 1.82) is 0 Å². The Morgan fingerprint density at radius 1 is 1.70 bits per heavy atom. The molecule has 0 aliphatic heterocycles. The van der Waals surface area contributed by atoms with Crippen molar-refractivity contribution in [3.63, 3.8) is 0 Å². The second kappa shape index (κ2) is 6.12. The zero-order chi connectivity index (χ0) is 7.82. The van der Waals surface area contributed by atoms with E-state index in [4.69, 9.17) is 0 Å². The highest BCUT2D eigenvalue weighted by molar-refractivity contribution is 5.77. The van der Waals surface area contributed by atoms with Crippen LogP contribution < -0.4 is 0 Å². The van der Waals surface area contributed by atoms with E-state index >= 15 is 0 Å². The first-order chi connectivity index (χ1) is 4.81. The first-order valence-corrected chi connectivity index (χ1v) is 3.26. The number of carbonyl (C=O) groups is 1. The molecule has 10 heavy (non-hydrogen) atoms. The molecule has 2 nitrogen and oxygen atoms in total. The van der Waals surface area contributed by atoms with Crippen LogP contribution in [0.15, 0.2) is 12.3 Å². The van der Waals surface area contributed by atoms with E-state index in [-0.39, 0.29) is 0 Å². The van der Waals surface area contributed by atoms with Crippen molar-refractivity contribution in [3.05, 3.63) is 18.4 Å². The highest BCUT2D eigenvalue weighted by atomic mass is 16.5. The van der Waals surface area contributed by atoms with Crippen LogP contribution in [-0.2, 0) is 9.53 Å². The molecule has 0 fully saturated rings. The van der Waals surface area contributed by atoms with Gasteiger partial charge in [0, 0.05) is 0 Å². The van der Waals surface area contributed by atoms with Crippen LogP contribution in [0.3, 0.4) is 0 Å². The summed E-state index contributed by atoms with van der Waals surface area (Å²) in [6, 6.07) is 0. The fourth-order valence-corrected chi connectivity index (χ4v) is 0.417. The van der Waals surface area contributed by atoms with E-state index < -0.39 is 5.97 Å². The van der Waals surface area contributed by atoms with Gasteiger partial charge in [0.1, 0.15) is 6.08 Å². The van der Waals surface area contributed by atoms with Gasteiger partial charge in [-0.1, -0.05) is 19.9 Å². The molecule has 0 saturated carbocycles. The van der Waals surface area contributed by atoms with Crippen molar-refractivity contribution >= 4 is 5.97 Å². The Morgan fingerprint density at radius 2 is 2.40 bits per heavy atom. The molecule has 0 amide bonds. The highest BCUT2D eigenvalue weighted by Gasteiger charge is 1.93. The van der Waals surface area contributed by atoms with E-state index in [0.717, 1.165) is 12.8 Å². The van der Waals surface area contributed by atoms with Gasteiger partial charge in [-0.15, -0.1) is 5.73 Å². The van der Waals surface area contributed by atoms with E-state index in [0.29, 0.717) is 6.61 Å². The average molecular weight is 139 g/mol. The molecule has 0 heterocycles. The van der Waals surface area contributed by atoms with Crippen molar-refractivity contribution in [3.8, 4) is 0 Å². The minimum absolute atomic E-state index is 0.462. The maximum atomic E-state index is 10.5. The molecule has 0 saturated heterocycles. The monoisotopic (exact) mass is 139 g/mol. The molecule has 1 radical (unpaired) electrons. The van der Waals surface area contributed by atoms with Crippen LogP contribution in [-0.4, -0.2) is 12.6 Å². The van der Waals surface area contributed by atoms with E-state index in [2.05, 4.69) is 23.1 Å². The smallest absolute Gasteiger partial charge is 0.347 e. The molecule has 55 valence electrons. The molecule has 0 aromatic heterocycles. The third-order valence-electron chi connectivity index (χ3n) is 0.921. The Kier molecular flexibility index (Phi) is 5.50. The lowest BCUT2D eigenvalue weighted by Crippen LogP contribution is -2.01. The van der Waals surface area contributed by atoms with Gasteiger partial charge >= 0.3 is 5.97 Å². The lowest BCUT2D eigenvalue weighted by molar-refractivity contribution is -0.138. The van der Waals surface area contributed by atoms with Crippen LogP contribution in [0.4, 0.5) is 0 Å². The molecule has 0 rings (SSSR count). The molecular weight excluding hydrogens is 128 g/mol. The van der Waals surface area contributed by atoms with E-state index in [1.54, 1.807) is 0 Å². The Labute approximate surface area is 61.2 Å². The summed E-state index contributed by atoms with van der Waals surface area (Å²) in [7, 11) is 0. The Morgan fingerprint density at radius 3 is 2.90 bits per heavy atom. The summed E-state index contributed by atoms with van der Waals surface area (Å²) in [4.78, 5) is 10.5. The second-order valence-electron chi connectivity index (χ2n) is 1.79. The molecule has 0 aromatic carbocycles. The maximum Gasteiger partial charge on any atom is 0.347 e. The van der Waals surface area contributed by atoms with E-state index in [1.807, 2.05) is 6.92 Å². The molecule has 0 aliphatic carbocycles. The van der Waals surface area contributed by atoms with Crippen LogP contribution in [0.2, 0.25) is 0 Å². The molecule has 0 N–H and O–H groups in total. The van der Waals surface area contributed by atoms with Crippen LogP contribution in [0.5, 0.6) is 0 Å². The third kappa shape index (κ3) is 5.13. The number of hydrogen-bond donors (Lipinski definition) is 0. The first-order valence-electron chi connectivity index (χ1n) is 3.26. The summed E-state index contributed by atoms with van der Waals surface area (Å²) < 4.78 is 4.67. The van der Waals surface area contributed by atoms with Gasteiger partial charge in [-0.2, -0.15) is 0 Å². The number of esters is 1. The topological polar surface area (TPSA) is 26.3 Å². The number of rotatable bonds is 4. The normalized spacial score (nSPS) is 8.10. The predicted octanol–water partition coefficient (Wildman–Crippen LogP) is 1.47. The molecule has 0 unspecified atom stereocenters. The van der Waals surface area contributed by atoms with Crippen LogP contribution in [0.1, 0.15) is 19.8 Å². The van der Waals surface area contributed by atoms with Crippen molar-refractivity contribution in [2.24, 2.45) is 0 Å². The fourth-order valence-electron chi connectivity index (χ4n) is 0.417. The largest absolute Gasteiger partial charge is 0.462 e. The van der Waals surface area contributed by atoms with Crippen LogP contribution >= 0.6 is 0 Å². The summed E-state index contributed by atoms with van der Waals surface area (Å²) in [6.45, 7) is 5.68. The predicted molar refractivity (Wildman–Crippen MR) is 38.3 cm³/mol. The third-order valence-corrected chi connectivity index (χ3v) is 0.921. The number of hydrogen-bond acceptors (Lipinski definition) is 2. The standard InChI is InChI=1S/C8H11O2/c1-3-5-7-10-8(9)6-4-2/h2-3,5,7H2,1H3. The molecule has 0 atom stereocenters. The number of ether oxygens (including phenoxy) is 1. The zero-order valence-corrected chi connectivity index (χ0v) is 6.14. The molecule has 0 aromatic rings. The van der Waals surface area contributed by atoms with Gasteiger partial charge in [0.05, 0.1) is 6.61 Å². The SMILES string of the molecule is C=C=[C]C(=O)OCCCC. The maximum absolute atomic E-state index is 10.5. The van der Waals surface area contributed by atoms with Crippen molar-refractivity contribution in [2.45, 2.75) is 19.8 Å².